The van der Waals surface area contributed by atoms with E-state index in [9.17, 15) is 0 Å². The van der Waals surface area contributed by atoms with Crippen LogP contribution in [-0.4, -0.2) is 42.2 Å². The first-order chi connectivity index (χ1) is 9.20. The molecular weight excluding hydrogens is 238 g/mol. The Kier molecular flexibility index (Phi) is 4.96. The van der Waals surface area contributed by atoms with Crippen LogP contribution in [0.4, 0.5) is 11.6 Å². The van der Waals surface area contributed by atoms with Crippen LogP contribution in [0, 0.1) is 0 Å². The Morgan fingerprint density at radius 3 is 3.05 bits per heavy atom. The third kappa shape index (κ3) is 3.80. The summed E-state index contributed by atoms with van der Waals surface area (Å²) in [5.41, 5.74) is 0. The number of aromatic nitrogens is 2. The van der Waals surface area contributed by atoms with E-state index < -0.39 is 0 Å². The molecule has 2 heterocycles. The quantitative estimate of drug-likeness (QED) is 0.849. The van der Waals surface area contributed by atoms with E-state index in [2.05, 4.69) is 46.4 Å². The third-order valence-corrected chi connectivity index (χ3v) is 3.84. The van der Waals surface area contributed by atoms with Gasteiger partial charge in [0.2, 0.25) is 0 Å². The molecular formula is C14H25N5. The lowest BCUT2D eigenvalue weighted by Crippen LogP contribution is -2.44. The van der Waals surface area contributed by atoms with Gasteiger partial charge in [-0.25, -0.2) is 9.97 Å². The van der Waals surface area contributed by atoms with Crippen LogP contribution in [0.2, 0.25) is 0 Å². The zero-order chi connectivity index (χ0) is 13.7. The fourth-order valence-electron chi connectivity index (χ4n) is 2.32. The molecule has 5 heteroatoms. The van der Waals surface area contributed by atoms with E-state index >= 15 is 0 Å². The summed E-state index contributed by atoms with van der Waals surface area (Å²) in [6.07, 6.45) is 5.19. The third-order valence-electron chi connectivity index (χ3n) is 3.84. The van der Waals surface area contributed by atoms with Gasteiger partial charge in [-0.1, -0.05) is 6.92 Å². The van der Waals surface area contributed by atoms with Gasteiger partial charge >= 0.3 is 0 Å². The summed E-state index contributed by atoms with van der Waals surface area (Å²) in [4.78, 5) is 10.9. The second-order valence-electron chi connectivity index (χ2n) is 5.33. The molecule has 0 amide bonds. The summed E-state index contributed by atoms with van der Waals surface area (Å²) in [5.74, 6) is 1.91. The van der Waals surface area contributed by atoms with Crippen molar-refractivity contribution in [2.75, 3.05) is 30.4 Å². The van der Waals surface area contributed by atoms with Crippen LogP contribution >= 0.6 is 0 Å². The minimum absolute atomic E-state index is 0.435. The van der Waals surface area contributed by atoms with Crippen molar-refractivity contribution < 1.29 is 0 Å². The van der Waals surface area contributed by atoms with E-state index in [1.165, 1.54) is 12.8 Å². The lowest BCUT2D eigenvalue weighted by atomic mass is 10.1. The van der Waals surface area contributed by atoms with E-state index in [4.69, 9.17) is 0 Å². The first-order valence-corrected chi connectivity index (χ1v) is 7.22. The van der Waals surface area contributed by atoms with E-state index in [0.29, 0.717) is 12.1 Å². The number of rotatable bonds is 5. The molecule has 19 heavy (non-hydrogen) atoms. The summed E-state index contributed by atoms with van der Waals surface area (Å²) in [7, 11) is 2.12. The van der Waals surface area contributed by atoms with Gasteiger partial charge in [0.15, 0.2) is 0 Å². The Labute approximate surface area is 115 Å². The van der Waals surface area contributed by atoms with E-state index in [1.807, 2.05) is 6.07 Å². The number of nitrogens with zero attached hydrogens (tertiary/aromatic N) is 3. The van der Waals surface area contributed by atoms with Crippen molar-refractivity contribution in [1.29, 1.82) is 0 Å². The second kappa shape index (κ2) is 6.70. The summed E-state index contributed by atoms with van der Waals surface area (Å²) in [6, 6.07) is 3.00. The highest BCUT2D eigenvalue weighted by Crippen LogP contribution is 2.19. The van der Waals surface area contributed by atoms with E-state index in [0.717, 1.165) is 31.1 Å². The van der Waals surface area contributed by atoms with Crippen molar-refractivity contribution in [1.82, 2.24) is 15.3 Å². The number of nitrogens with one attached hydrogen (secondary N) is 2. The molecule has 0 radical (unpaired) electrons. The van der Waals surface area contributed by atoms with Crippen molar-refractivity contribution in [2.24, 2.45) is 0 Å². The fourth-order valence-corrected chi connectivity index (χ4v) is 2.32. The Balaban J connectivity index is 2.04. The average molecular weight is 263 g/mol. The van der Waals surface area contributed by atoms with Crippen molar-refractivity contribution in [3.8, 4) is 0 Å². The van der Waals surface area contributed by atoms with E-state index in [-0.39, 0.29) is 0 Å². The Bertz CT molecular complexity index is 389. The highest BCUT2D eigenvalue weighted by atomic mass is 15.2. The number of likely N-dealkylation sites (N-methyl/N-ethyl adjacent to an activating group) is 1. The minimum atomic E-state index is 0.435. The van der Waals surface area contributed by atoms with Gasteiger partial charge in [-0.3, -0.25) is 0 Å². The predicted octanol–water partition coefficient (Wildman–Crippen LogP) is 1.88. The fraction of sp³-hybridized carbons (Fsp3) is 0.714. The molecule has 2 rings (SSSR count). The molecule has 1 aromatic heterocycles. The molecule has 5 nitrogen and oxygen atoms in total. The van der Waals surface area contributed by atoms with Gasteiger partial charge in [0.05, 0.1) is 0 Å². The summed E-state index contributed by atoms with van der Waals surface area (Å²) >= 11 is 0. The largest absolute Gasteiger partial charge is 0.367 e. The van der Waals surface area contributed by atoms with Crippen LogP contribution in [0.25, 0.3) is 0 Å². The highest BCUT2D eigenvalue weighted by molar-refractivity contribution is 5.49. The van der Waals surface area contributed by atoms with Crippen molar-refractivity contribution >= 4 is 11.6 Å². The van der Waals surface area contributed by atoms with Gasteiger partial charge in [-0.05, 0) is 32.7 Å². The van der Waals surface area contributed by atoms with Gasteiger partial charge in [-0.15, -0.1) is 0 Å². The first-order valence-electron chi connectivity index (χ1n) is 7.22. The van der Waals surface area contributed by atoms with Gasteiger partial charge in [-0.2, -0.15) is 0 Å². The first kappa shape index (κ1) is 14.1. The van der Waals surface area contributed by atoms with Crippen LogP contribution in [0.15, 0.2) is 12.4 Å². The highest BCUT2D eigenvalue weighted by Gasteiger charge is 2.19. The van der Waals surface area contributed by atoms with Crippen LogP contribution in [0.1, 0.15) is 33.1 Å². The topological polar surface area (TPSA) is 53.1 Å². The number of anilines is 2. The molecule has 2 unspecified atom stereocenters. The van der Waals surface area contributed by atoms with Crippen LogP contribution in [-0.2, 0) is 0 Å². The SMILES string of the molecule is CCC(C)Nc1cc(N(C)C2CCCNC2)ncn1. The van der Waals surface area contributed by atoms with Crippen molar-refractivity contribution in [3.63, 3.8) is 0 Å². The number of hydrogen-bond acceptors (Lipinski definition) is 5. The zero-order valence-electron chi connectivity index (χ0n) is 12.2. The molecule has 1 aliphatic heterocycles. The smallest absolute Gasteiger partial charge is 0.134 e. The van der Waals surface area contributed by atoms with E-state index in [1.54, 1.807) is 6.33 Å². The van der Waals surface area contributed by atoms with Crippen molar-refractivity contribution in [2.45, 2.75) is 45.2 Å². The maximum atomic E-state index is 4.39. The predicted molar refractivity (Wildman–Crippen MR) is 79.7 cm³/mol. The Hall–Kier alpha value is -1.36. The summed E-state index contributed by atoms with van der Waals surface area (Å²) in [6.45, 7) is 6.50. The Morgan fingerprint density at radius 2 is 2.37 bits per heavy atom. The maximum absolute atomic E-state index is 4.39. The molecule has 1 aliphatic rings. The van der Waals surface area contributed by atoms with Crippen LogP contribution in [0.3, 0.4) is 0 Å². The summed E-state index contributed by atoms with van der Waals surface area (Å²) < 4.78 is 0. The van der Waals surface area contributed by atoms with Crippen LogP contribution in [0.5, 0.6) is 0 Å². The number of hydrogen-bond donors (Lipinski definition) is 2. The molecule has 106 valence electrons. The molecule has 0 bridgehead atoms. The number of piperidine rings is 1. The van der Waals surface area contributed by atoms with Gasteiger partial charge in [0, 0.05) is 31.7 Å². The lowest BCUT2D eigenvalue weighted by Gasteiger charge is -2.32. The van der Waals surface area contributed by atoms with Gasteiger partial charge in [0.1, 0.15) is 18.0 Å². The molecule has 2 N–H and O–H groups in total. The lowest BCUT2D eigenvalue weighted by molar-refractivity contribution is 0.443. The summed E-state index contributed by atoms with van der Waals surface area (Å²) in [5, 5.41) is 6.84. The van der Waals surface area contributed by atoms with Gasteiger partial charge < -0.3 is 15.5 Å². The molecule has 1 aromatic rings. The Morgan fingerprint density at radius 1 is 1.53 bits per heavy atom. The molecule has 0 spiro atoms. The standard InChI is InChI=1S/C14H25N5/c1-4-11(2)18-13-8-14(17-10-16-13)19(3)12-6-5-7-15-9-12/h8,10-12,15H,4-7,9H2,1-3H3,(H,16,17,18). The monoisotopic (exact) mass is 263 g/mol. The molecule has 2 atom stereocenters. The zero-order valence-corrected chi connectivity index (χ0v) is 12.2. The molecule has 0 aromatic carbocycles. The normalized spacial score (nSPS) is 20.9. The second-order valence-corrected chi connectivity index (χ2v) is 5.33. The van der Waals surface area contributed by atoms with Gasteiger partial charge in [0.25, 0.3) is 0 Å². The maximum Gasteiger partial charge on any atom is 0.134 e. The molecule has 0 saturated carbocycles. The average Bonchev–Trinajstić information content (AvgIpc) is 2.47. The van der Waals surface area contributed by atoms with Crippen molar-refractivity contribution in [3.05, 3.63) is 12.4 Å². The minimum Gasteiger partial charge on any atom is -0.367 e. The molecule has 1 fully saturated rings. The van der Waals surface area contributed by atoms with Crippen LogP contribution < -0.4 is 15.5 Å². The molecule has 0 aliphatic carbocycles. The molecule has 1 saturated heterocycles.